The molecule has 6 heteroatoms. The van der Waals surface area contributed by atoms with Crippen LogP contribution in [0.2, 0.25) is 0 Å². The Bertz CT molecular complexity index is 477. The number of hydrogen-bond acceptors (Lipinski definition) is 3. The van der Waals surface area contributed by atoms with Crippen LogP contribution in [0.4, 0.5) is 5.69 Å². The van der Waals surface area contributed by atoms with E-state index in [1.54, 1.807) is 12.1 Å². The van der Waals surface area contributed by atoms with E-state index in [0.717, 1.165) is 12.8 Å². The molecule has 1 aromatic rings. The summed E-state index contributed by atoms with van der Waals surface area (Å²) >= 11 is 3.23. The van der Waals surface area contributed by atoms with Gasteiger partial charge in [-0.25, -0.2) is 4.79 Å². The van der Waals surface area contributed by atoms with E-state index >= 15 is 0 Å². The SMILES string of the molecule is CCCC[C@H](N)C(=O)Nc1c(Br)cccc1C(=O)O. The summed E-state index contributed by atoms with van der Waals surface area (Å²) in [7, 11) is 0. The molecule has 0 radical (unpaired) electrons. The van der Waals surface area contributed by atoms with Gasteiger partial charge in [-0.1, -0.05) is 25.8 Å². The van der Waals surface area contributed by atoms with Crippen LogP contribution in [-0.4, -0.2) is 23.0 Å². The number of para-hydroxylation sites is 1. The third-order valence-electron chi connectivity index (χ3n) is 2.70. The Morgan fingerprint density at radius 1 is 1.47 bits per heavy atom. The van der Waals surface area contributed by atoms with Crippen LogP contribution in [0.15, 0.2) is 22.7 Å². The quantitative estimate of drug-likeness (QED) is 0.748. The molecule has 0 heterocycles. The second-order valence-electron chi connectivity index (χ2n) is 4.21. The predicted octanol–water partition coefficient (Wildman–Crippen LogP) is 2.60. The van der Waals surface area contributed by atoms with Gasteiger partial charge in [0.05, 0.1) is 17.3 Å². The number of carboxylic acids is 1. The average molecular weight is 329 g/mol. The van der Waals surface area contributed by atoms with Crippen LogP contribution in [0.3, 0.4) is 0 Å². The van der Waals surface area contributed by atoms with Gasteiger partial charge in [-0.15, -0.1) is 0 Å². The van der Waals surface area contributed by atoms with E-state index in [2.05, 4.69) is 21.2 Å². The Labute approximate surface area is 120 Å². The zero-order valence-corrected chi connectivity index (χ0v) is 12.2. The van der Waals surface area contributed by atoms with Gasteiger partial charge in [-0.2, -0.15) is 0 Å². The number of hydrogen-bond donors (Lipinski definition) is 3. The lowest BCUT2D eigenvalue weighted by Gasteiger charge is -2.14. The number of amides is 1. The highest BCUT2D eigenvalue weighted by Gasteiger charge is 2.18. The molecule has 0 saturated heterocycles. The number of nitrogens with one attached hydrogen (secondary N) is 1. The minimum absolute atomic E-state index is 0.0328. The van der Waals surface area contributed by atoms with Crippen molar-refractivity contribution in [2.75, 3.05) is 5.32 Å². The Hall–Kier alpha value is -1.40. The Morgan fingerprint density at radius 3 is 2.74 bits per heavy atom. The first-order chi connectivity index (χ1) is 8.97. The molecule has 1 amide bonds. The van der Waals surface area contributed by atoms with Crippen LogP contribution in [0, 0.1) is 0 Å². The number of anilines is 1. The first-order valence-corrected chi connectivity index (χ1v) is 6.85. The fourth-order valence-corrected chi connectivity index (χ4v) is 2.07. The number of rotatable bonds is 6. The summed E-state index contributed by atoms with van der Waals surface area (Å²) < 4.78 is 0.517. The number of carboxylic acid groups (broad SMARTS) is 1. The molecule has 0 aliphatic rings. The van der Waals surface area contributed by atoms with Crippen molar-refractivity contribution in [2.45, 2.75) is 32.2 Å². The molecule has 0 bridgehead atoms. The van der Waals surface area contributed by atoms with Crippen LogP contribution in [0.5, 0.6) is 0 Å². The molecule has 104 valence electrons. The fourth-order valence-electron chi connectivity index (χ4n) is 1.60. The van der Waals surface area contributed by atoms with E-state index < -0.39 is 12.0 Å². The van der Waals surface area contributed by atoms with Crippen LogP contribution in [0.1, 0.15) is 36.5 Å². The maximum atomic E-state index is 11.9. The summed E-state index contributed by atoms with van der Waals surface area (Å²) in [4.78, 5) is 23.0. The van der Waals surface area contributed by atoms with Crippen LogP contribution in [-0.2, 0) is 4.79 Å². The smallest absolute Gasteiger partial charge is 0.337 e. The molecular formula is C13H17BrN2O3. The van der Waals surface area contributed by atoms with Crippen molar-refractivity contribution in [1.82, 2.24) is 0 Å². The second-order valence-corrected chi connectivity index (χ2v) is 5.06. The third kappa shape index (κ3) is 4.33. The van der Waals surface area contributed by atoms with Crippen LogP contribution >= 0.6 is 15.9 Å². The lowest BCUT2D eigenvalue weighted by Crippen LogP contribution is -2.36. The zero-order chi connectivity index (χ0) is 14.4. The van der Waals surface area contributed by atoms with Gasteiger partial charge in [0.15, 0.2) is 0 Å². The van der Waals surface area contributed by atoms with E-state index in [9.17, 15) is 9.59 Å². The molecule has 1 atom stereocenters. The first kappa shape index (κ1) is 15.7. The molecule has 1 rings (SSSR count). The number of carbonyl (C=O) groups excluding carboxylic acids is 1. The van der Waals surface area contributed by atoms with Crippen molar-refractivity contribution >= 4 is 33.5 Å². The van der Waals surface area contributed by atoms with Gasteiger partial charge in [0.25, 0.3) is 0 Å². The molecule has 0 saturated carbocycles. The van der Waals surface area contributed by atoms with E-state index in [0.29, 0.717) is 10.9 Å². The van der Waals surface area contributed by atoms with Gasteiger partial charge in [-0.05, 0) is 34.5 Å². The van der Waals surface area contributed by atoms with Gasteiger partial charge < -0.3 is 16.2 Å². The van der Waals surface area contributed by atoms with Crippen LogP contribution < -0.4 is 11.1 Å². The number of halogens is 1. The monoisotopic (exact) mass is 328 g/mol. The molecule has 0 aromatic heterocycles. The summed E-state index contributed by atoms with van der Waals surface area (Å²) in [5.41, 5.74) is 6.03. The van der Waals surface area contributed by atoms with Crippen LogP contribution in [0.25, 0.3) is 0 Å². The minimum Gasteiger partial charge on any atom is -0.478 e. The minimum atomic E-state index is -1.10. The van der Waals surface area contributed by atoms with Crippen molar-refractivity contribution in [3.8, 4) is 0 Å². The molecule has 0 aliphatic carbocycles. The number of nitrogens with two attached hydrogens (primary N) is 1. The van der Waals surface area contributed by atoms with E-state index in [1.165, 1.54) is 6.07 Å². The molecule has 0 spiro atoms. The summed E-state index contributed by atoms with van der Waals surface area (Å²) in [5, 5.41) is 11.7. The van der Waals surface area contributed by atoms with E-state index in [4.69, 9.17) is 10.8 Å². The van der Waals surface area contributed by atoms with E-state index in [-0.39, 0.29) is 17.2 Å². The number of aromatic carboxylic acids is 1. The predicted molar refractivity (Wildman–Crippen MR) is 77.2 cm³/mol. The molecule has 0 unspecified atom stereocenters. The zero-order valence-electron chi connectivity index (χ0n) is 10.6. The molecule has 0 fully saturated rings. The maximum absolute atomic E-state index is 11.9. The maximum Gasteiger partial charge on any atom is 0.337 e. The van der Waals surface area contributed by atoms with Gasteiger partial charge in [0.1, 0.15) is 0 Å². The topological polar surface area (TPSA) is 92.4 Å². The van der Waals surface area contributed by atoms with Gasteiger partial charge in [0, 0.05) is 4.47 Å². The molecule has 0 aliphatic heterocycles. The van der Waals surface area contributed by atoms with Crippen molar-refractivity contribution in [3.63, 3.8) is 0 Å². The van der Waals surface area contributed by atoms with Gasteiger partial charge in [0.2, 0.25) is 5.91 Å². The molecule has 19 heavy (non-hydrogen) atoms. The van der Waals surface area contributed by atoms with E-state index in [1.807, 2.05) is 6.92 Å². The second kappa shape index (κ2) is 7.25. The Kier molecular flexibility index (Phi) is 5.98. The lowest BCUT2D eigenvalue weighted by molar-refractivity contribution is -0.117. The van der Waals surface area contributed by atoms with Crippen molar-refractivity contribution < 1.29 is 14.7 Å². The number of unbranched alkanes of at least 4 members (excludes halogenated alkanes) is 1. The molecular weight excluding hydrogens is 312 g/mol. The molecule has 1 aromatic carbocycles. The summed E-state index contributed by atoms with van der Waals surface area (Å²) in [5.74, 6) is -1.47. The van der Waals surface area contributed by atoms with Crippen molar-refractivity contribution in [2.24, 2.45) is 5.73 Å². The molecule has 5 nitrogen and oxygen atoms in total. The highest BCUT2D eigenvalue weighted by atomic mass is 79.9. The normalized spacial score (nSPS) is 11.9. The fraction of sp³-hybridized carbons (Fsp3) is 0.385. The number of benzene rings is 1. The molecule has 4 N–H and O–H groups in total. The Balaban J connectivity index is 2.87. The van der Waals surface area contributed by atoms with Crippen molar-refractivity contribution in [1.29, 1.82) is 0 Å². The summed E-state index contributed by atoms with van der Waals surface area (Å²) in [6, 6.07) is 4.06. The Morgan fingerprint density at radius 2 is 2.16 bits per heavy atom. The summed E-state index contributed by atoms with van der Waals surface area (Å²) in [6.07, 6.45) is 2.39. The standard InChI is InChI=1S/C13H17BrN2O3/c1-2-3-7-10(15)12(17)16-11-8(13(18)19)5-4-6-9(11)14/h4-6,10H,2-3,7,15H2,1H3,(H,16,17)(H,18,19)/t10-/m0/s1. The summed E-state index contributed by atoms with van der Waals surface area (Å²) in [6.45, 7) is 2.01. The average Bonchev–Trinajstić information content (AvgIpc) is 2.37. The van der Waals surface area contributed by atoms with Gasteiger partial charge in [-0.3, -0.25) is 4.79 Å². The highest BCUT2D eigenvalue weighted by Crippen LogP contribution is 2.26. The largest absolute Gasteiger partial charge is 0.478 e. The van der Waals surface area contributed by atoms with Gasteiger partial charge >= 0.3 is 5.97 Å². The third-order valence-corrected chi connectivity index (χ3v) is 3.36. The number of carbonyl (C=O) groups is 2. The lowest BCUT2D eigenvalue weighted by atomic mass is 10.1. The highest BCUT2D eigenvalue weighted by molar-refractivity contribution is 9.10. The first-order valence-electron chi connectivity index (χ1n) is 6.05. The van der Waals surface area contributed by atoms with Crippen molar-refractivity contribution in [3.05, 3.63) is 28.2 Å².